The fourth-order valence-corrected chi connectivity index (χ4v) is 2.99. The van der Waals surface area contributed by atoms with E-state index >= 15 is 0 Å². The van der Waals surface area contributed by atoms with Gasteiger partial charge in [0.15, 0.2) is 5.76 Å². The van der Waals surface area contributed by atoms with Crippen molar-refractivity contribution in [2.75, 3.05) is 40.4 Å². The molecule has 1 aliphatic heterocycles. The van der Waals surface area contributed by atoms with E-state index in [1.54, 1.807) is 42.2 Å². The van der Waals surface area contributed by atoms with Crippen molar-refractivity contribution >= 4 is 11.8 Å². The number of carbonyl (C=O) groups excluding carboxylic acids is 2. The van der Waals surface area contributed by atoms with Crippen molar-refractivity contribution in [3.05, 3.63) is 47.9 Å². The van der Waals surface area contributed by atoms with Crippen LogP contribution in [0.1, 0.15) is 16.1 Å². The molecule has 2 heterocycles. The molecule has 2 amide bonds. The van der Waals surface area contributed by atoms with Crippen molar-refractivity contribution in [2.24, 2.45) is 0 Å². The van der Waals surface area contributed by atoms with Crippen molar-refractivity contribution in [3.8, 4) is 11.5 Å². The molecular weight excluding hydrogens is 336 g/mol. The molecule has 0 aliphatic carbocycles. The fourth-order valence-electron chi connectivity index (χ4n) is 2.99. The third kappa shape index (κ3) is 3.82. The molecule has 1 fully saturated rings. The lowest BCUT2D eigenvalue weighted by Gasteiger charge is -2.34. The molecule has 26 heavy (non-hydrogen) atoms. The van der Waals surface area contributed by atoms with Crippen LogP contribution in [0.3, 0.4) is 0 Å². The monoisotopic (exact) mass is 358 g/mol. The average Bonchev–Trinajstić information content (AvgIpc) is 3.22. The number of piperazine rings is 1. The lowest BCUT2D eigenvalue weighted by molar-refractivity contribution is -0.131. The highest BCUT2D eigenvalue weighted by Gasteiger charge is 2.26. The number of hydrogen-bond acceptors (Lipinski definition) is 5. The Balaban J connectivity index is 1.58. The van der Waals surface area contributed by atoms with Gasteiger partial charge in [-0.15, -0.1) is 0 Å². The molecule has 0 radical (unpaired) electrons. The molecule has 1 aromatic heterocycles. The molecular formula is C19H22N2O5. The van der Waals surface area contributed by atoms with Crippen molar-refractivity contribution < 1.29 is 23.5 Å². The number of amides is 2. The largest absolute Gasteiger partial charge is 0.497 e. The Bertz CT molecular complexity index is 764. The van der Waals surface area contributed by atoms with E-state index in [-0.39, 0.29) is 18.2 Å². The molecule has 0 atom stereocenters. The third-order valence-corrected chi connectivity index (χ3v) is 4.49. The second-order valence-electron chi connectivity index (χ2n) is 6.00. The van der Waals surface area contributed by atoms with Crippen LogP contribution in [0.2, 0.25) is 0 Å². The minimum absolute atomic E-state index is 0.0126. The summed E-state index contributed by atoms with van der Waals surface area (Å²) < 4.78 is 15.7. The van der Waals surface area contributed by atoms with E-state index < -0.39 is 0 Å². The SMILES string of the molecule is COc1ccc(CC(=O)N2CCN(C(=O)c3ccco3)CC2)c(OC)c1. The van der Waals surface area contributed by atoms with Gasteiger partial charge in [-0.05, 0) is 18.2 Å². The number of ether oxygens (including phenoxy) is 2. The van der Waals surface area contributed by atoms with Crippen LogP contribution >= 0.6 is 0 Å². The zero-order valence-electron chi connectivity index (χ0n) is 14.9. The van der Waals surface area contributed by atoms with Gasteiger partial charge in [0.25, 0.3) is 5.91 Å². The zero-order chi connectivity index (χ0) is 18.5. The molecule has 7 nitrogen and oxygen atoms in total. The second-order valence-corrected chi connectivity index (χ2v) is 6.00. The van der Waals surface area contributed by atoms with Gasteiger partial charge in [-0.25, -0.2) is 0 Å². The molecule has 1 saturated heterocycles. The van der Waals surface area contributed by atoms with Crippen LogP contribution in [0.15, 0.2) is 41.0 Å². The summed E-state index contributed by atoms with van der Waals surface area (Å²) in [6.45, 7) is 1.99. The van der Waals surface area contributed by atoms with Gasteiger partial charge in [0.1, 0.15) is 11.5 Å². The summed E-state index contributed by atoms with van der Waals surface area (Å²) in [5.41, 5.74) is 0.812. The van der Waals surface area contributed by atoms with E-state index in [2.05, 4.69) is 0 Å². The molecule has 3 rings (SSSR count). The van der Waals surface area contributed by atoms with Gasteiger partial charge in [-0.3, -0.25) is 9.59 Å². The van der Waals surface area contributed by atoms with Crippen LogP contribution in [-0.4, -0.2) is 62.0 Å². The average molecular weight is 358 g/mol. The van der Waals surface area contributed by atoms with Crippen LogP contribution < -0.4 is 9.47 Å². The summed E-state index contributed by atoms with van der Waals surface area (Å²) in [7, 11) is 3.16. The van der Waals surface area contributed by atoms with Crippen molar-refractivity contribution in [1.82, 2.24) is 9.80 Å². The Morgan fingerprint density at radius 1 is 1.04 bits per heavy atom. The van der Waals surface area contributed by atoms with E-state index in [1.165, 1.54) is 6.26 Å². The topological polar surface area (TPSA) is 72.2 Å². The second kappa shape index (κ2) is 7.95. The molecule has 0 bridgehead atoms. The van der Waals surface area contributed by atoms with E-state index in [0.717, 1.165) is 5.56 Å². The summed E-state index contributed by atoms with van der Waals surface area (Å²) in [5, 5.41) is 0. The van der Waals surface area contributed by atoms with E-state index in [9.17, 15) is 9.59 Å². The van der Waals surface area contributed by atoms with Crippen molar-refractivity contribution in [1.29, 1.82) is 0 Å². The van der Waals surface area contributed by atoms with Crippen LogP contribution in [0.25, 0.3) is 0 Å². The lowest BCUT2D eigenvalue weighted by Crippen LogP contribution is -2.50. The highest BCUT2D eigenvalue weighted by Crippen LogP contribution is 2.25. The number of methoxy groups -OCH3 is 2. The quantitative estimate of drug-likeness (QED) is 0.815. The van der Waals surface area contributed by atoms with Crippen LogP contribution in [-0.2, 0) is 11.2 Å². The van der Waals surface area contributed by atoms with E-state index in [4.69, 9.17) is 13.9 Å². The number of carbonyl (C=O) groups is 2. The van der Waals surface area contributed by atoms with Crippen molar-refractivity contribution in [3.63, 3.8) is 0 Å². The highest BCUT2D eigenvalue weighted by atomic mass is 16.5. The Morgan fingerprint density at radius 2 is 1.77 bits per heavy atom. The number of furan rings is 1. The zero-order valence-corrected chi connectivity index (χ0v) is 14.9. The maximum atomic E-state index is 12.6. The molecule has 0 spiro atoms. The summed E-state index contributed by atoms with van der Waals surface area (Å²) in [6, 6.07) is 8.75. The minimum Gasteiger partial charge on any atom is -0.497 e. The predicted molar refractivity (Wildman–Crippen MR) is 94.4 cm³/mol. The normalized spacial score (nSPS) is 14.2. The fraction of sp³-hybridized carbons (Fsp3) is 0.368. The first-order valence-electron chi connectivity index (χ1n) is 8.44. The smallest absolute Gasteiger partial charge is 0.289 e. The lowest BCUT2D eigenvalue weighted by atomic mass is 10.1. The van der Waals surface area contributed by atoms with Gasteiger partial charge in [0.05, 0.1) is 26.9 Å². The molecule has 0 saturated carbocycles. The van der Waals surface area contributed by atoms with Crippen molar-refractivity contribution in [2.45, 2.75) is 6.42 Å². The standard InChI is InChI=1S/C19H22N2O5/c1-24-15-6-5-14(17(13-15)25-2)12-18(22)20-7-9-21(10-8-20)19(23)16-4-3-11-26-16/h3-6,11,13H,7-10,12H2,1-2H3. The number of nitrogens with zero attached hydrogens (tertiary/aromatic N) is 2. The third-order valence-electron chi connectivity index (χ3n) is 4.49. The molecule has 1 aliphatic rings. The number of benzene rings is 1. The van der Waals surface area contributed by atoms with E-state index in [1.807, 2.05) is 12.1 Å². The van der Waals surface area contributed by atoms with Gasteiger partial charge < -0.3 is 23.7 Å². The van der Waals surface area contributed by atoms with Gasteiger partial charge in [-0.2, -0.15) is 0 Å². The number of rotatable bonds is 5. The Labute approximate surface area is 152 Å². The molecule has 2 aromatic rings. The number of hydrogen-bond donors (Lipinski definition) is 0. The highest BCUT2D eigenvalue weighted by molar-refractivity contribution is 5.91. The van der Waals surface area contributed by atoms with Crippen LogP contribution in [0.5, 0.6) is 11.5 Å². The Kier molecular flexibility index (Phi) is 5.46. The van der Waals surface area contributed by atoms with Gasteiger partial charge >= 0.3 is 0 Å². The first kappa shape index (κ1) is 17.8. The Hall–Kier alpha value is -2.96. The first-order valence-corrected chi connectivity index (χ1v) is 8.44. The molecule has 138 valence electrons. The molecule has 0 N–H and O–H groups in total. The molecule has 7 heteroatoms. The maximum Gasteiger partial charge on any atom is 0.289 e. The summed E-state index contributed by atoms with van der Waals surface area (Å²) in [5.74, 6) is 1.51. The molecule has 0 unspecified atom stereocenters. The molecule has 1 aromatic carbocycles. The first-order chi connectivity index (χ1) is 12.6. The van der Waals surface area contributed by atoms with Crippen LogP contribution in [0, 0.1) is 0 Å². The van der Waals surface area contributed by atoms with Crippen LogP contribution in [0.4, 0.5) is 0 Å². The maximum absolute atomic E-state index is 12.6. The minimum atomic E-state index is -0.140. The van der Waals surface area contributed by atoms with E-state index in [0.29, 0.717) is 43.4 Å². The summed E-state index contributed by atoms with van der Waals surface area (Å²) >= 11 is 0. The summed E-state index contributed by atoms with van der Waals surface area (Å²) in [6.07, 6.45) is 1.73. The van der Waals surface area contributed by atoms with Gasteiger partial charge in [0, 0.05) is 37.8 Å². The van der Waals surface area contributed by atoms with Gasteiger partial charge in [0.2, 0.25) is 5.91 Å². The predicted octanol–water partition coefficient (Wildman–Crippen LogP) is 1.82. The Morgan fingerprint density at radius 3 is 2.38 bits per heavy atom. The summed E-state index contributed by atoms with van der Waals surface area (Å²) in [4.78, 5) is 28.4. The van der Waals surface area contributed by atoms with Gasteiger partial charge in [-0.1, -0.05) is 6.07 Å².